The minimum absolute atomic E-state index is 0.696. The van der Waals surface area contributed by atoms with Crippen LogP contribution >= 0.6 is 11.6 Å². The van der Waals surface area contributed by atoms with Gasteiger partial charge in [-0.25, -0.2) is 0 Å². The van der Waals surface area contributed by atoms with Crippen molar-refractivity contribution in [1.29, 1.82) is 0 Å². The number of hydrogen-bond acceptors (Lipinski definition) is 3. The number of rotatable bonds is 4. The lowest BCUT2D eigenvalue weighted by Crippen LogP contribution is -2.15. The van der Waals surface area contributed by atoms with Crippen molar-refractivity contribution in [2.45, 2.75) is 20.0 Å². The molecule has 0 bridgehead atoms. The van der Waals surface area contributed by atoms with E-state index in [0.29, 0.717) is 6.54 Å². The normalized spacial score (nSPS) is 10.9. The summed E-state index contributed by atoms with van der Waals surface area (Å²) in [6.45, 7) is 3.36. The Hall–Kier alpha value is -1.26. The zero-order valence-electron chi connectivity index (χ0n) is 9.33. The summed E-state index contributed by atoms with van der Waals surface area (Å²) in [7, 11) is 1.90. The Bertz CT molecular complexity index is 462. The molecule has 2 aromatic heterocycles. The van der Waals surface area contributed by atoms with Crippen molar-refractivity contribution in [1.82, 2.24) is 15.1 Å². The monoisotopic (exact) mass is 239 g/mol. The number of aromatic nitrogens is 2. The summed E-state index contributed by atoms with van der Waals surface area (Å²) >= 11 is 6.13. The fraction of sp³-hybridized carbons (Fsp3) is 0.364. The van der Waals surface area contributed by atoms with Crippen LogP contribution in [-0.4, -0.2) is 9.78 Å². The lowest BCUT2D eigenvalue weighted by atomic mass is 10.3. The van der Waals surface area contributed by atoms with Gasteiger partial charge in [0, 0.05) is 25.7 Å². The molecule has 1 N–H and O–H groups in total. The maximum Gasteiger partial charge on any atom is 0.0947 e. The molecule has 0 fully saturated rings. The van der Waals surface area contributed by atoms with E-state index in [2.05, 4.69) is 10.4 Å². The van der Waals surface area contributed by atoms with Crippen LogP contribution in [-0.2, 0) is 20.1 Å². The van der Waals surface area contributed by atoms with E-state index in [1.807, 2.05) is 20.0 Å². The van der Waals surface area contributed by atoms with Gasteiger partial charge in [-0.05, 0) is 13.0 Å². The third kappa shape index (κ3) is 2.28. The first kappa shape index (κ1) is 11.2. The number of halogens is 1. The average molecular weight is 240 g/mol. The van der Waals surface area contributed by atoms with Crippen molar-refractivity contribution in [3.63, 3.8) is 0 Å². The van der Waals surface area contributed by atoms with Crippen LogP contribution in [0.3, 0.4) is 0 Å². The molecular formula is C11H14ClN3O. The van der Waals surface area contributed by atoms with Crippen LogP contribution < -0.4 is 5.32 Å². The lowest BCUT2D eigenvalue weighted by Gasteiger charge is -2.04. The van der Waals surface area contributed by atoms with Gasteiger partial charge in [-0.15, -0.1) is 0 Å². The number of nitrogens with zero attached hydrogens (tertiary/aromatic N) is 2. The van der Waals surface area contributed by atoms with E-state index in [-0.39, 0.29) is 0 Å². The first-order chi connectivity index (χ1) is 7.68. The van der Waals surface area contributed by atoms with Gasteiger partial charge >= 0.3 is 0 Å². The molecular weight excluding hydrogens is 226 g/mol. The van der Waals surface area contributed by atoms with Crippen molar-refractivity contribution in [3.8, 4) is 0 Å². The molecule has 4 nitrogen and oxygen atoms in total. The molecule has 0 aliphatic carbocycles. The maximum absolute atomic E-state index is 6.13. The topological polar surface area (TPSA) is 43.0 Å². The van der Waals surface area contributed by atoms with E-state index >= 15 is 0 Å². The molecule has 0 aliphatic rings. The molecule has 0 aliphatic heterocycles. The second-order valence-corrected chi connectivity index (χ2v) is 4.08. The summed E-state index contributed by atoms with van der Waals surface area (Å²) < 4.78 is 6.79. The fourth-order valence-corrected chi connectivity index (χ4v) is 1.82. The Morgan fingerprint density at radius 2 is 2.31 bits per heavy atom. The van der Waals surface area contributed by atoms with Gasteiger partial charge in [0.05, 0.1) is 28.9 Å². The van der Waals surface area contributed by atoms with Gasteiger partial charge in [0.25, 0.3) is 0 Å². The van der Waals surface area contributed by atoms with Crippen LogP contribution in [0.15, 0.2) is 23.0 Å². The predicted octanol–water partition coefficient (Wildman–Crippen LogP) is 2.26. The SMILES string of the molecule is Cc1nn(C)c(CNCc2ccoc2)c1Cl. The summed E-state index contributed by atoms with van der Waals surface area (Å²) in [5, 5.41) is 8.28. The highest BCUT2D eigenvalue weighted by molar-refractivity contribution is 6.31. The van der Waals surface area contributed by atoms with Crippen molar-refractivity contribution >= 4 is 11.6 Å². The molecule has 0 spiro atoms. The Balaban J connectivity index is 1.95. The number of nitrogens with one attached hydrogen (secondary N) is 1. The van der Waals surface area contributed by atoms with Crippen molar-refractivity contribution in [2.75, 3.05) is 0 Å². The molecule has 0 radical (unpaired) electrons. The summed E-state index contributed by atoms with van der Waals surface area (Å²) in [6.07, 6.45) is 3.39. The molecule has 0 aromatic carbocycles. The van der Waals surface area contributed by atoms with Crippen LogP contribution in [0.5, 0.6) is 0 Å². The molecule has 5 heteroatoms. The van der Waals surface area contributed by atoms with Gasteiger partial charge in [0.2, 0.25) is 0 Å². The second kappa shape index (κ2) is 4.72. The van der Waals surface area contributed by atoms with E-state index in [1.165, 1.54) is 0 Å². The Morgan fingerprint density at radius 1 is 1.50 bits per heavy atom. The Labute approximate surface area is 99.2 Å². The third-order valence-corrected chi connectivity index (χ3v) is 2.95. The molecule has 0 unspecified atom stereocenters. The molecule has 0 amide bonds. The molecule has 0 atom stereocenters. The third-order valence-electron chi connectivity index (χ3n) is 2.46. The van der Waals surface area contributed by atoms with E-state index in [0.717, 1.165) is 28.5 Å². The smallest absolute Gasteiger partial charge is 0.0947 e. The first-order valence-corrected chi connectivity index (χ1v) is 5.46. The van der Waals surface area contributed by atoms with Crippen molar-refractivity contribution in [3.05, 3.63) is 40.6 Å². The Morgan fingerprint density at radius 3 is 2.88 bits per heavy atom. The van der Waals surface area contributed by atoms with E-state index in [9.17, 15) is 0 Å². The molecule has 0 saturated heterocycles. The summed E-state index contributed by atoms with van der Waals surface area (Å²) in [6, 6.07) is 1.93. The van der Waals surface area contributed by atoms with Gasteiger partial charge < -0.3 is 9.73 Å². The van der Waals surface area contributed by atoms with Crippen LogP contribution in [0.25, 0.3) is 0 Å². The fourth-order valence-electron chi connectivity index (χ4n) is 1.59. The number of furan rings is 1. The van der Waals surface area contributed by atoms with E-state index in [1.54, 1.807) is 17.2 Å². The minimum Gasteiger partial charge on any atom is -0.472 e. The quantitative estimate of drug-likeness (QED) is 0.890. The summed E-state index contributed by atoms with van der Waals surface area (Å²) in [5.41, 5.74) is 2.99. The molecule has 2 heterocycles. The highest BCUT2D eigenvalue weighted by Gasteiger charge is 2.10. The van der Waals surface area contributed by atoms with Crippen LogP contribution in [0.2, 0.25) is 5.02 Å². The zero-order chi connectivity index (χ0) is 11.5. The second-order valence-electron chi connectivity index (χ2n) is 3.70. The standard InChI is InChI=1S/C11H14ClN3O/c1-8-11(12)10(15(2)14-8)6-13-5-9-3-4-16-7-9/h3-4,7,13H,5-6H2,1-2H3. The maximum atomic E-state index is 6.13. The largest absolute Gasteiger partial charge is 0.472 e. The van der Waals surface area contributed by atoms with E-state index in [4.69, 9.17) is 16.0 Å². The zero-order valence-corrected chi connectivity index (χ0v) is 10.1. The van der Waals surface area contributed by atoms with Gasteiger partial charge in [-0.2, -0.15) is 5.10 Å². The van der Waals surface area contributed by atoms with Crippen molar-refractivity contribution < 1.29 is 4.42 Å². The van der Waals surface area contributed by atoms with Crippen molar-refractivity contribution in [2.24, 2.45) is 7.05 Å². The highest BCUT2D eigenvalue weighted by atomic mass is 35.5. The van der Waals surface area contributed by atoms with Crippen LogP contribution in [0.1, 0.15) is 17.0 Å². The molecule has 2 aromatic rings. The number of aryl methyl sites for hydroxylation is 2. The predicted molar refractivity (Wildman–Crippen MR) is 62.2 cm³/mol. The molecule has 86 valence electrons. The van der Waals surface area contributed by atoms with Gasteiger partial charge in [-0.1, -0.05) is 11.6 Å². The molecule has 2 rings (SSSR count). The van der Waals surface area contributed by atoms with E-state index < -0.39 is 0 Å². The summed E-state index contributed by atoms with van der Waals surface area (Å²) in [5.74, 6) is 0. The molecule has 0 saturated carbocycles. The number of hydrogen-bond donors (Lipinski definition) is 1. The van der Waals surface area contributed by atoms with Crippen LogP contribution in [0.4, 0.5) is 0 Å². The Kier molecular flexibility index (Phi) is 3.31. The van der Waals surface area contributed by atoms with Crippen LogP contribution in [0, 0.1) is 6.92 Å². The molecule has 16 heavy (non-hydrogen) atoms. The van der Waals surface area contributed by atoms with Gasteiger partial charge in [-0.3, -0.25) is 4.68 Å². The summed E-state index contributed by atoms with van der Waals surface area (Å²) in [4.78, 5) is 0. The lowest BCUT2D eigenvalue weighted by molar-refractivity contribution is 0.558. The van der Waals surface area contributed by atoms with Gasteiger partial charge in [0.15, 0.2) is 0 Å². The first-order valence-electron chi connectivity index (χ1n) is 5.08. The highest BCUT2D eigenvalue weighted by Crippen LogP contribution is 2.18. The average Bonchev–Trinajstić information content (AvgIpc) is 2.82. The van der Waals surface area contributed by atoms with Gasteiger partial charge in [0.1, 0.15) is 0 Å². The minimum atomic E-state index is 0.696.